The van der Waals surface area contributed by atoms with Crippen LogP contribution < -0.4 is 5.32 Å². The molecule has 11 heteroatoms. The van der Waals surface area contributed by atoms with E-state index in [1.165, 1.54) is 22.1 Å². The first-order valence-electron chi connectivity index (χ1n) is 15.0. The van der Waals surface area contributed by atoms with Gasteiger partial charge < -0.3 is 9.74 Å². The Balaban J connectivity index is 1.13. The summed E-state index contributed by atoms with van der Waals surface area (Å²) in [7, 11) is -1.80. The minimum Gasteiger partial charge on any atom is -0.415 e. The van der Waals surface area contributed by atoms with Crippen LogP contribution in [0.15, 0.2) is 61.2 Å². The molecule has 0 fully saturated rings. The maximum Gasteiger partial charge on any atom is 0.192 e. The van der Waals surface area contributed by atoms with Crippen molar-refractivity contribution in [1.29, 1.82) is 0 Å². The van der Waals surface area contributed by atoms with Crippen LogP contribution in [0.4, 0.5) is 15.9 Å². The lowest BCUT2D eigenvalue weighted by Gasteiger charge is -2.36. The molecule has 7 rings (SSSR count). The largest absolute Gasteiger partial charge is 0.415 e. The Hall–Kier alpha value is -3.93. The second-order valence-electron chi connectivity index (χ2n) is 13.0. The fraction of sp³-hybridized carbons (Fsp3) is 0.333. The van der Waals surface area contributed by atoms with Gasteiger partial charge in [0.05, 0.1) is 42.5 Å². The summed E-state index contributed by atoms with van der Waals surface area (Å²) in [6, 6.07) is 12.8. The van der Waals surface area contributed by atoms with E-state index in [2.05, 4.69) is 66.5 Å². The van der Waals surface area contributed by atoms with Crippen LogP contribution in [0.1, 0.15) is 37.6 Å². The van der Waals surface area contributed by atoms with E-state index in [0.29, 0.717) is 13.2 Å². The number of thiophene rings is 1. The molecule has 226 valence electrons. The molecular weight excluding hydrogens is 590 g/mol. The van der Waals surface area contributed by atoms with E-state index in [1.54, 1.807) is 29.8 Å². The van der Waals surface area contributed by atoms with E-state index < -0.39 is 8.32 Å². The van der Waals surface area contributed by atoms with Gasteiger partial charge in [-0.05, 0) is 72.4 Å². The Morgan fingerprint density at radius 2 is 1.95 bits per heavy atom. The van der Waals surface area contributed by atoms with Gasteiger partial charge in [-0.3, -0.25) is 9.36 Å². The zero-order chi connectivity index (χ0) is 30.6. The van der Waals surface area contributed by atoms with Crippen molar-refractivity contribution < 1.29 is 8.82 Å². The highest BCUT2D eigenvalue weighted by atomic mass is 32.1. The maximum atomic E-state index is 13.7. The van der Waals surface area contributed by atoms with Crippen LogP contribution in [-0.4, -0.2) is 44.5 Å². The number of halogens is 1. The van der Waals surface area contributed by atoms with Crippen LogP contribution >= 0.6 is 11.3 Å². The topological polar surface area (TPSA) is 82.7 Å². The number of rotatable bonds is 8. The second-order valence-corrected chi connectivity index (χ2v) is 18.8. The Morgan fingerprint density at radius 1 is 1.09 bits per heavy atom. The number of nitrogens with zero attached hydrogens (tertiary/aromatic N) is 6. The summed E-state index contributed by atoms with van der Waals surface area (Å²) in [5, 5.41) is 15.3. The highest BCUT2D eigenvalue weighted by molar-refractivity contribution is 7.22. The van der Waals surface area contributed by atoms with Crippen molar-refractivity contribution >= 4 is 52.3 Å². The minimum absolute atomic E-state index is 0.188. The molecule has 8 nitrogen and oxygen atoms in total. The van der Waals surface area contributed by atoms with Crippen LogP contribution in [0.2, 0.25) is 18.1 Å². The number of aryl methyl sites for hydroxylation is 2. The molecule has 1 aliphatic carbocycles. The Morgan fingerprint density at radius 3 is 2.77 bits per heavy atom. The monoisotopic (exact) mass is 625 g/mol. The molecule has 0 radical (unpaired) electrons. The van der Waals surface area contributed by atoms with E-state index >= 15 is 0 Å². The minimum atomic E-state index is -1.80. The van der Waals surface area contributed by atoms with Crippen LogP contribution in [0.3, 0.4) is 0 Å². The normalized spacial score (nSPS) is 13.4. The Kier molecular flexibility index (Phi) is 7.14. The van der Waals surface area contributed by atoms with Crippen LogP contribution in [-0.2, 0) is 30.4 Å². The first-order valence-corrected chi connectivity index (χ1v) is 18.7. The lowest BCUT2D eigenvalue weighted by atomic mass is 9.95. The molecule has 0 saturated heterocycles. The Labute approximate surface area is 261 Å². The van der Waals surface area contributed by atoms with Crippen molar-refractivity contribution in [3.8, 4) is 10.4 Å². The number of benzene rings is 2. The van der Waals surface area contributed by atoms with E-state index in [1.807, 2.05) is 33.8 Å². The van der Waals surface area contributed by atoms with Gasteiger partial charge in [0, 0.05) is 27.7 Å². The van der Waals surface area contributed by atoms with Gasteiger partial charge in [-0.2, -0.15) is 10.2 Å². The van der Waals surface area contributed by atoms with Crippen molar-refractivity contribution in [2.75, 3.05) is 11.9 Å². The third-order valence-corrected chi connectivity index (χ3v) is 14.7. The maximum absolute atomic E-state index is 13.7. The molecule has 0 unspecified atom stereocenters. The Bertz CT molecular complexity index is 2000. The molecule has 0 saturated carbocycles. The molecule has 0 aliphatic heterocycles. The molecular formula is C33H36FN7OSSi. The fourth-order valence-electron chi connectivity index (χ4n) is 5.58. The standard InChI is InChI=1S/C33H36FN7OSSi/c1-33(2,3)44(4,5)42-14-13-40-19-26-27(39-40)11-10-25-29-31(35-20-36-32(29)43-30(25)26)38-24-9-12-28-22(16-24)17-37-41(28)18-21-7-6-8-23(34)15-21/h6-9,12,15-17,19-20H,10-11,13-14,18H2,1-5H3,(H,35,36,38). The van der Waals surface area contributed by atoms with Crippen molar-refractivity contribution in [2.45, 2.75) is 64.8 Å². The number of fused-ring (bicyclic) bond motifs is 6. The number of hydrogen-bond acceptors (Lipinski definition) is 7. The second kappa shape index (κ2) is 10.9. The van der Waals surface area contributed by atoms with Gasteiger partial charge in [0.2, 0.25) is 0 Å². The third kappa shape index (κ3) is 5.33. The van der Waals surface area contributed by atoms with Gasteiger partial charge in [-0.15, -0.1) is 11.3 Å². The van der Waals surface area contributed by atoms with Crippen LogP contribution in [0, 0.1) is 5.82 Å². The molecule has 0 atom stereocenters. The molecule has 0 amide bonds. The molecule has 1 N–H and O–H groups in total. The predicted octanol–water partition coefficient (Wildman–Crippen LogP) is 7.96. The third-order valence-electron chi connectivity index (χ3n) is 9.00. The number of hydrogen-bond donors (Lipinski definition) is 1. The first-order chi connectivity index (χ1) is 21.1. The zero-order valence-electron chi connectivity index (χ0n) is 25.7. The van der Waals surface area contributed by atoms with E-state index in [9.17, 15) is 4.39 Å². The predicted molar refractivity (Wildman–Crippen MR) is 178 cm³/mol. The molecule has 1 aliphatic rings. The van der Waals surface area contributed by atoms with Gasteiger partial charge in [0.15, 0.2) is 8.32 Å². The lowest BCUT2D eigenvalue weighted by Crippen LogP contribution is -2.41. The summed E-state index contributed by atoms with van der Waals surface area (Å²) in [5.41, 5.74) is 6.39. The van der Waals surface area contributed by atoms with E-state index in [-0.39, 0.29) is 10.9 Å². The molecule has 0 bridgehead atoms. The average molecular weight is 626 g/mol. The van der Waals surface area contributed by atoms with Crippen LogP contribution in [0.25, 0.3) is 31.6 Å². The molecule has 2 aromatic carbocycles. The van der Waals surface area contributed by atoms with Crippen molar-refractivity contribution in [3.05, 3.63) is 83.8 Å². The van der Waals surface area contributed by atoms with Crippen molar-refractivity contribution in [2.24, 2.45) is 0 Å². The zero-order valence-corrected chi connectivity index (χ0v) is 27.5. The number of nitrogens with one attached hydrogen (secondary N) is 1. The van der Waals surface area contributed by atoms with Gasteiger partial charge in [0.1, 0.15) is 22.8 Å². The average Bonchev–Trinajstić information content (AvgIpc) is 3.67. The fourth-order valence-corrected chi connectivity index (χ4v) is 7.84. The van der Waals surface area contributed by atoms with Crippen LogP contribution in [0.5, 0.6) is 0 Å². The summed E-state index contributed by atoms with van der Waals surface area (Å²) in [4.78, 5) is 11.5. The van der Waals surface area contributed by atoms with Crippen molar-refractivity contribution in [1.82, 2.24) is 29.5 Å². The summed E-state index contributed by atoms with van der Waals surface area (Å²) >= 11 is 1.71. The van der Waals surface area contributed by atoms with Gasteiger partial charge >= 0.3 is 0 Å². The highest BCUT2D eigenvalue weighted by Crippen LogP contribution is 2.45. The molecule has 4 heterocycles. The summed E-state index contributed by atoms with van der Waals surface area (Å²) in [6.45, 7) is 13.3. The smallest absolute Gasteiger partial charge is 0.192 e. The van der Waals surface area contributed by atoms with Crippen molar-refractivity contribution in [3.63, 3.8) is 0 Å². The van der Waals surface area contributed by atoms with E-state index in [0.717, 1.165) is 63.3 Å². The molecule has 4 aromatic heterocycles. The number of anilines is 2. The van der Waals surface area contributed by atoms with Gasteiger partial charge in [0.25, 0.3) is 0 Å². The summed E-state index contributed by atoms with van der Waals surface area (Å²) < 4.78 is 24.0. The molecule has 44 heavy (non-hydrogen) atoms. The quantitative estimate of drug-likeness (QED) is 0.173. The molecule has 6 aromatic rings. The van der Waals surface area contributed by atoms with Gasteiger partial charge in [-0.25, -0.2) is 14.4 Å². The lowest BCUT2D eigenvalue weighted by molar-refractivity contribution is 0.265. The highest BCUT2D eigenvalue weighted by Gasteiger charge is 2.37. The molecule has 0 spiro atoms. The summed E-state index contributed by atoms with van der Waals surface area (Å²) in [6.07, 6.45) is 7.43. The first kappa shape index (κ1) is 28.8. The number of aromatic nitrogens is 6. The summed E-state index contributed by atoms with van der Waals surface area (Å²) in [5.74, 6) is 0.562. The van der Waals surface area contributed by atoms with E-state index in [4.69, 9.17) is 9.52 Å². The SMILES string of the molecule is CC(C)(C)[Si](C)(C)OCCn1cc2c(n1)CCc1c-2sc2ncnc(Nc3ccc4c(cnn4Cc4cccc(F)c4)c3)c12. The van der Waals surface area contributed by atoms with Gasteiger partial charge in [-0.1, -0.05) is 32.9 Å².